The topological polar surface area (TPSA) is 37.4 Å². The number of fused-ring (bicyclic) bond motifs is 2. The van der Waals surface area contributed by atoms with Crippen LogP contribution >= 0.6 is 11.6 Å². The first kappa shape index (κ1) is 13.3. The van der Waals surface area contributed by atoms with Crippen molar-refractivity contribution >= 4 is 39.7 Å². The van der Waals surface area contributed by atoms with Gasteiger partial charge in [0.2, 0.25) is 5.91 Å². The van der Waals surface area contributed by atoms with Crippen LogP contribution in [0.3, 0.4) is 0 Å². The number of halogens is 1. The monoisotopic (exact) mass is 305 g/mol. The van der Waals surface area contributed by atoms with E-state index in [1.165, 1.54) is 0 Å². The van der Waals surface area contributed by atoms with Crippen LogP contribution in [-0.4, -0.2) is 15.5 Å². The fourth-order valence-corrected chi connectivity index (χ4v) is 3.70. The molecule has 1 atom stereocenters. The van der Waals surface area contributed by atoms with Crippen LogP contribution in [0.2, 0.25) is 0 Å². The van der Waals surface area contributed by atoms with Crippen LogP contribution in [0.25, 0.3) is 0 Å². The van der Waals surface area contributed by atoms with E-state index in [1.807, 2.05) is 24.3 Å². The summed E-state index contributed by atoms with van der Waals surface area (Å²) in [5.74, 6) is -0.219. The second-order valence-corrected chi connectivity index (χ2v) is 6.57. The lowest BCUT2D eigenvalue weighted by Crippen LogP contribution is -2.35. The maximum atomic E-state index is 12.6. The van der Waals surface area contributed by atoms with Gasteiger partial charge < -0.3 is 0 Å². The van der Waals surface area contributed by atoms with E-state index in [9.17, 15) is 9.00 Å². The third kappa shape index (κ3) is 1.96. The molecule has 1 amide bonds. The zero-order chi connectivity index (χ0) is 14.3. The number of alkyl halides is 1. The zero-order valence-electron chi connectivity index (χ0n) is 10.7. The largest absolute Gasteiger partial charge is 0.277 e. The molecule has 0 saturated carbocycles. The van der Waals surface area contributed by atoms with Crippen LogP contribution in [0.15, 0.2) is 58.3 Å². The summed E-state index contributed by atoms with van der Waals surface area (Å²) in [6.45, 7) is 1.64. The summed E-state index contributed by atoms with van der Waals surface area (Å²) >= 11 is 5.96. The van der Waals surface area contributed by atoms with Crippen molar-refractivity contribution in [3.05, 3.63) is 48.5 Å². The van der Waals surface area contributed by atoms with E-state index in [1.54, 1.807) is 36.1 Å². The van der Waals surface area contributed by atoms with Crippen molar-refractivity contribution in [3.63, 3.8) is 0 Å². The molecule has 0 aliphatic carbocycles. The molecule has 20 heavy (non-hydrogen) atoms. The first-order valence-corrected chi connectivity index (χ1v) is 7.78. The third-order valence-electron chi connectivity index (χ3n) is 3.17. The van der Waals surface area contributed by atoms with Crippen molar-refractivity contribution < 1.29 is 9.00 Å². The van der Waals surface area contributed by atoms with E-state index < -0.39 is 16.2 Å². The summed E-state index contributed by atoms with van der Waals surface area (Å²) in [6, 6.07) is 14.4. The molecule has 1 aliphatic rings. The number of benzene rings is 2. The third-order valence-corrected chi connectivity index (χ3v) is 4.85. The Morgan fingerprint density at radius 3 is 1.95 bits per heavy atom. The molecule has 0 spiro atoms. The highest BCUT2D eigenvalue weighted by molar-refractivity contribution is 7.85. The zero-order valence-corrected chi connectivity index (χ0v) is 12.3. The standard InChI is InChI=1S/C15H12ClNO2S/c1-10(16)15(18)17-11-6-2-4-8-13(11)20(19)14-9-5-3-7-12(14)17/h2-10H,1H3. The first-order valence-electron chi connectivity index (χ1n) is 6.19. The lowest BCUT2D eigenvalue weighted by molar-refractivity contribution is -0.117. The van der Waals surface area contributed by atoms with Crippen molar-refractivity contribution in [1.82, 2.24) is 0 Å². The molecule has 1 heterocycles. The van der Waals surface area contributed by atoms with Crippen molar-refractivity contribution in [3.8, 4) is 0 Å². The number of anilines is 2. The number of nitrogens with zero attached hydrogens (tertiary/aromatic N) is 1. The number of hydrogen-bond acceptors (Lipinski definition) is 2. The number of carbonyl (C=O) groups is 1. The molecule has 1 unspecified atom stereocenters. The van der Waals surface area contributed by atoms with Crippen molar-refractivity contribution in [1.29, 1.82) is 0 Å². The lowest BCUT2D eigenvalue weighted by Gasteiger charge is -2.31. The number of amides is 1. The molecule has 0 radical (unpaired) electrons. The molecule has 0 N–H and O–H groups in total. The highest BCUT2D eigenvalue weighted by Crippen LogP contribution is 2.42. The van der Waals surface area contributed by atoms with E-state index in [4.69, 9.17) is 11.6 Å². The Kier molecular flexibility index (Phi) is 3.36. The SMILES string of the molecule is CC(Cl)C(=O)N1c2ccccc2S(=O)c2ccccc21. The van der Waals surface area contributed by atoms with Gasteiger partial charge in [-0.25, -0.2) is 4.21 Å². The lowest BCUT2D eigenvalue weighted by atomic mass is 10.2. The predicted molar refractivity (Wildman–Crippen MR) is 80.0 cm³/mol. The number of rotatable bonds is 1. The fourth-order valence-electron chi connectivity index (χ4n) is 2.26. The summed E-state index contributed by atoms with van der Waals surface area (Å²) in [7, 11) is -1.28. The summed E-state index contributed by atoms with van der Waals surface area (Å²) < 4.78 is 12.6. The number of carbonyl (C=O) groups excluding carboxylic acids is 1. The normalized spacial score (nSPS) is 15.4. The molecule has 1 aliphatic heterocycles. The van der Waals surface area contributed by atoms with Crippen molar-refractivity contribution in [2.75, 3.05) is 4.90 Å². The highest BCUT2D eigenvalue weighted by Gasteiger charge is 2.32. The van der Waals surface area contributed by atoms with Crippen LogP contribution < -0.4 is 4.90 Å². The second kappa shape index (κ2) is 5.04. The molecule has 3 nitrogen and oxygen atoms in total. The van der Waals surface area contributed by atoms with Gasteiger partial charge in [-0.1, -0.05) is 24.3 Å². The molecule has 3 rings (SSSR count). The van der Waals surface area contributed by atoms with Gasteiger partial charge >= 0.3 is 0 Å². The molecule has 2 aromatic carbocycles. The molecule has 0 saturated heterocycles. The molecule has 2 aromatic rings. The van der Waals surface area contributed by atoms with E-state index in [2.05, 4.69) is 0 Å². The Balaban J connectivity index is 2.28. The fraction of sp³-hybridized carbons (Fsp3) is 0.133. The minimum absolute atomic E-state index is 0.219. The van der Waals surface area contributed by atoms with Gasteiger partial charge in [-0.05, 0) is 31.2 Å². The van der Waals surface area contributed by atoms with Crippen molar-refractivity contribution in [2.24, 2.45) is 0 Å². The molecule has 0 bridgehead atoms. The molecule has 0 aromatic heterocycles. The second-order valence-electron chi connectivity index (χ2n) is 4.49. The maximum Gasteiger partial charge on any atom is 0.249 e. The summed E-state index contributed by atoms with van der Waals surface area (Å²) in [4.78, 5) is 15.3. The van der Waals surface area contributed by atoms with Gasteiger partial charge in [0, 0.05) is 0 Å². The van der Waals surface area contributed by atoms with Crippen LogP contribution in [0, 0.1) is 0 Å². The molecule has 0 fully saturated rings. The minimum Gasteiger partial charge on any atom is -0.277 e. The van der Waals surface area contributed by atoms with Crippen molar-refractivity contribution in [2.45, 2.75) is 22.1 Å². The molecule has 5 heteroatoms. The van der Waals surface area contributed by atoms with E-state index in [0.717, 1.165) is 0 Å². The Morgan fingerprint density at radius 1 is 1.05 bits per heavy atom. The molecular weight excluding hydrogens is 294 g/mol. The average molecular weight is 306 g/mol. The highest BCUT2D eigenvalue weighted by atomic mass is 35.5. The molecular formula is C15H12ClNO2S. The van der Waals surface area contributed by atoms with E-state index >= 15 is 0 Å². The van der Waals surface area contributed by atoms with Gasteiger partial charge in [-0.15, -0.1) is 11.6 Å². The smallest absolute Gasteiger partial charge is 0.249 e. The van der Waals surface area contributed by atoms with Crippen LogP contribution in [0.5, 0.6) is 0 Å². The summed E-state index contributed by atoms with van der Waals surface area (Å²) in [5.41, 5.74) is 1.28. The Hall–Kier alpha value is -1.65. The minimum atomic E-state index is -1.28. The maximum absolute atomic E-state index is 12.6. The van der Waals surface area contributed by atoms with Crippen LogP contribution in [-0.2, 0) is 15.6 Å². The first-order chi connectivity index (χ1) is 9.61. The van der Waals surface area contributed by atoms with Gasteiger partial charge in [0.25, 0.3) is 0 Å². The van der Waals surface area contributed by atoms with Gasteiger partial charge in [0.1, 0.15) is 5.38 Å². The van der Waals surface area contributed by atoms with Gasteiger partial charge in [0.05, 0.1) is 32.0 Å². The van der Waals surface area contributed by atoms with E-state index in [-0.39, 0.29) is 5.91 Å². The Labute approximate surface area is 124 Å². The predicted octanol–water partition coefficient (Wildman–Crippen LogP) is 3.46. The van der Waals surface area contributed by atoms with Crippen LogP contribution in [0.1, 0.15) is 6.92 Å². The van der Waals surface area contributed by atoms with E-state index in [0.29, 0.717) is 21.2 Å². The van der Waals surface area contributed by atoms with Gasteiger partial charge in [-0.2, -0.15) is 0 Å². The van der Waals surface area contributed by atoms with Gasteiger partial charge in [0.15, 0.2) is 0 Å². The number of hydrogen-bond donors (Lipinski definition) is 0. The molecule has 102 valence electrons. The average Bonchev–Trinajstić information content (AvgIpc) is 2.47. The Morgan fingerprint density at radius 2 is 1.50 bits per heavy atom. The number of para-hydroxylation sites is 2. The summed E-state index contributed by atoms with van der Waals surface area (Å²) in [6.07, 6.45) is 0. The Bertz CT molecular complexity index is 665. The quantitative estimate of drug-likeness (QED) is 0.757. The van der Waals surface area contributed by atoms with Gasteiger partial charge in [-0.3, -0.25) is 9.69 Å². The summed E-state index contributed by atoms with van der Waals surface area (Å²) in [5, 5.41) is -0.650. The van der Waals surface area contributed by atoms with Crippen LogP contribution in [0.4, 0.5) is 11.4 Å².